The van der Waals surface area contributed by atoms with Crippen molar-refractivity contribution >= 4 is 11.8 Å². The summed E-state index contributed by atoms with van der Waals surface area (Å²) in [4.78, 5) is 23.3. The molecule has 1 aliphatic heterocycles. The molecule has 1 aliphatic rings. The fraction of sp³-hybridized carbons (Fsp3) is 0.833. The molecule has 17 heavy (non-hydrogen) atoms. The van der Waals surface area contributed by atoms with Crippen LogP contribution in [0, 0.1) is 5.41 Å². The first-order valence-electron chi connectivity index (χ1n) is 6.02. The highest BCUT2D eigenvalue weighted by Crippen LogP contribution is 2.30. The zero-order valence-corrected chi connectivity index (χ0v) is 11.1. The van der Waals surface area contributed by atoms with Gasteiger partial charge in [-0.3, -0.25) is 9.59 Å². The Morgan fingerprint density at radius 3 is 2.47 bits per heavy atom. The van der Waals surface area contributed by atoms with Gasteiger partial charge in [0.15, 0.2) is 0 Å². The summed E-state index contributed by atoms with van der Waals surface area (Å²) in [5.41, 5.74) is 4.13. The van der Waals surface area contributed by atoms with Crippen LogP contribution in [0.4, 0.5) is 0 Å². The van der Waals surface area contributed by atoms with E-state index in [0.717, 1.165) is 19.4 Å². The van der Waals surface area contributed by atoms with Gasteiger partial charge in [-0.15, -0.1) is 0 Å². The second-order valence-corrected chi connectivity index (χ2v) is 5.96. The Morgan fingerprint density at radius 1 is 1.41 bits per heavy atom. The minimum absolute atomic E-state index is 0.101. The maximum atomic E-state index is 12.2. The number of rotatable bonds is 3. The number of nitrogens with two attached hydrogens (primary N) is 1. The quantitative estimate of drug-likeness (QED) is 0.657. The minimum atomic E-state index is -1.01. The Balaban J connectivity index is 2.73. The Kier molecular flexibility index (Phi) is 3.81. The Labute approximate surface area is 103 Å². The molecule has 2 amide bonds. The van der Waals surface area contributed by atoms with E-state index in [2.05, 4.69) is 24.5 Å². The Morgan fingerprint density at radius 2 is 2.00 bits per heavy atom. The molecule has 1 rings (SSSR count). The van der Waals surface area contributed by atoms with Gasteiger partial charge < -0.3 is 16.4 Å². The summed E-state index contributed by atoms with van der Waals surface area (Å²) in [5.74, 6) is -0.682. The molecule has 0 radical (unpaired) electrons. The number of hydrogen-bond acceptors (Lipinski definition) is 3. The van der Waals surface area contributed by atoms with Gasteiger partial charge >= 0.3 is 0 Å². The van der Waals surface area contributed by atoms with Gasteiger partial charge in [0.2, 0.25) is 11.8 Å². The highest BCUT2D eigenvalue weighted by atomic mass is 16.2. The molecule has 0 aromatic heterocycles. The molecule has 0 aromatic carbocycles. The largest absolute Gasteiger partial charge is 0.368 e. The first-order chi connectivity index (χ1) is 7.67. The SMILES string of the molecule is CC(C)(NC(=O)C1NCCCC1(C)C)C(N)=O. The van der Waals surface area contributed by atoms with E-state index in [1.807, 2.05) is 0 Å². The normalized spacial score (nSPS) is 24.1. The Bertz CT molecular complexity index is 324. The number of carbonyl (C=O) groups excluding carboxylic acids is 2. The average molecular weight is 241 g/mol. The van der Waals surface area contributed by atoms with Crippen LogP contribution in [0.1, 0.15) is 40.5 Å². The molecule has 0 aromatic rings. The van der Waals surface area contributed by atoms with Crippen LogP contribution in [0.15, 0.2) is 0 Å². The lowest BCUT2D eigenvalue weighted by Crippen LogP contribution is -2.62. The fourth-order valence-electron chi connectivity index (χ4n) is 2.10. The number of primary amides is 1. The standard InChI is InChI=1S/C12H23N3O2/c1-11(2)6-5-7-14-8(11)9(16)15-12(3,4)10(13)17/h8,14H,5-7H2,1-4H3,(H2,13,17)(H,15,16). The van der Waals surface area contributed by atoms with Gasteiger partial charge in [-0.1, -0.05) is 13.8 Å². The van der Waals surface area contributed by atoms with E-state index < -0.39 is 11.4 Å². The zero-order valence-electron chi connectivity index (χ0n) is 11.1. The third kappa shape index (κ3) is 3.19. The van der Waals surface area contributed by atoms with Crippen molar-refractivity contribution in [3.05, 3.63) is 0 Å². The smallest absolute Gasteiger partial charge is 0.242 e. The third-order valence-electron chi connectivity index (χ3n) is 3.44. The van der Waals surface area contributed by atoms with Crippen LogP contribution in [0.3, 0.4) is 0 Å². The molecule has 0 bridgehead atoms. The van der Waals surface area contributed by atoms with Crippen molar-refractivity contribution in [2.45, 2.75) is 52.1 Å². The minimum Gasteiger partial charge on any atom is -0.368 e. The summed E-state index contributed by atoms with van der Waals surface area (Å²) in [6.45, 7) is 8.17. The van der Waals surface area contributed by atoms with Crippen LogP contribution in [-0.4, -0.2) is 29.9 Å². The van der Waals surface area contributed by atoms with Gasteiger partial charge in [0.1, 0.15) is 5.54 Å². The number of nitrogens with one attached hydrogen (secondary N) is 2. The van der Waals surface area contributed by atoms with E-state index in [1.165, 1.54) is 0 Å². The van der Waals surface area contributed by atoms with Crippen molar-refractivity contribution in [2.24, 2.45) is 11.1 Å². The van der Waals surface area contributed by atoms with Crippen LogP contribution in [0.5, 0.6) is 0 Å². The van der Waals surface area contributed by atoms with E-state index in [9.17, 15) is 9.59 Å². The lowest BCUT2D eigenvalue weighted by Gasteiger charge is -2.39. The lowest BCUT2D eigenvalue weighted by molar-refractivity contribution is -0.133. The van der Waals surface area contributed by atoms with Gasteiger partial charge in [0.05, 0.1) is 6.04 Å². The summed E-state index contributed by atoms with van der Waals surface area (Å²) in [7, 11) is 0. The van der Waals surface area contributed by atoms with E-state index in [0.29, 0.717) is 0 Å². The average Bonchev–Trinajstić information content (AvgIpc) is 2.15. The predicted molar refractivity (Wildman–Crippen MR) is 66.2 cm³/mol. The van der Waals surface area contributed by atoms with Crippen molar-refractivity contribution in [2.75, 3.05) is 6.54 Å². The highest BCUT2D eigenvalue weighted by Gasteiger charge is 2.39. The topological polar surface area (TPSA) is 84.2 Å². The Hall–Kier alpha value is -1.10. The summed E-state index contributed by atoms with van der Waals surface area (Å²) in [6, 6.07) is -0.269. The van der Waals surface area contributed by atoms with Gasteiger partial charge in [-0.05, 0) is 38.6 Å². The lowest BCUT2D eigenvalue weighted by atomic mass is 9.77. The molecule has 5 nitrogen and oxygen atoms in total. The molecule has 1 unspecified atom stereocenters. The molecule has 1 saturated heterocycles. The second-order valence-electron chi connectivity index (χ2n) is 5.96. The van der Waals surface area contributed by atoms with Crippen molar-refractivity contribution in [1.82, 2.24) is 10.6 Å². The van der Waals surface area contributed by atoms with Crippen LogP contribution < -0.4 is 16.4 Å². The first-order valence-corrected chi connectivity index (χ1v) is 6.02. The van der Waals surface area contributed by atoms with Crippen LogP contribution in [-0.2, 0) is 9.59 Å². The second kappa shape index (κ2) is 4.64. The fourth-order valence-corrected chi connectivity index (χ4v) is 2.10. The molecule has 0 aliphatic carbocycles. The molecular formula is C12H23N3O2. The molecule has 0 spiro atoms. The van der Waals surface area contributed by atoms with Gasteiger partial charge in [0.25, 0.3) is 0 Å². The zero-order chi connectivity index (χ0) is 13.3. The molecule has 0 saturated carbocycles. The number of hydrogen-bond donors (Lipinski definition) is 3. The van der Waals surface area contributed by atoms with Crippen LogP contribution in [0.25, 0.3) is 0 Å². The summed E-state index contributed by atoms with van der Waals surface area (Å²) >= 11 is 0. The maximum absolute atomic E-state index is 12.2. The maximum Gasteiger partial charge on any atom is 0.242 e. The van der Waals surface area contributed by atoms with Gasteiger partial charge in [-0.2, -0.15) is 0 Å². The molecule has 98 valence electrons. The number of piperidine rings is 1. The number of carbonyl (C=O) groups is 2. The van der Waals surface area contributed by atoms with Gasteiger partial charge in [0, 0.05) is 0 Å². The summed E-state index contributed by atoms with van der Waals surface area (Å²) < 4.78 is 0. The third-order valence-corrected chi connectivity index (χ3v) is 3.44. The van der Waals surface area contributed by atoms with Crippen molar-refractivity contribution in [3.8, 4) is 0 Å². The van der Waals surface area contributed by atoms with Crippen molar-refractivity contribution < 1.29 is 9.59 Å². The monoisotopic (exact) mass is 241 g/mol. The summed E-state index contributed by atoms with van der Waals surface area (Å²) in [6.07, 6.45) is 2.06. The van der Waals surface area contributed by atoms with Gasteiger partial charge in [-0.25, -0.2) is 0 Å². The van der Waals surface area contributed by atoms with E-state index in [-0.39, 0.29) is 17.4 Å². The van der Waals surface area contributed by atoms with Crippen molar-refractivity contribution in [3.63, 3.8) is 0 Å². The van der Waals surface area contributed by atoms with Crippen LogP contribution in [0.2, 0.25) is 0 Å². The first kappa shape index (κ1) is 14.0. The summed E-state index contributed by atoms with van der Waals surface area (Å²) in [5, 5.41) is 5.91. The molecule has 1 fully saturated rings. The molecule has 5 heteroatoms. The van der Waals surface area contributed by atoms with E-state index >= 15 is 0 Å². The molecule has 4 N–H and O–H groups in total. The van der Waals surface area contributed by atoms with Crippen LogP contribution >= 0.6 is 0 Å². The molecule has 1 atom stereocenters. The van der Waals surface area contributed by atoms with E-state index in [1.54, 1.807) is 13.8 Å². The molecular weight excluding hydrogens is 218 g/mol. The predicted octanol–water partition coefficient (Wildman–Crippen LogP) is 0.145. The molecule has 1 heterocycles. The highest BCUT2D eigenvalue weighted by molar-refractivity contribution is 5.91. The number of amides is 2. The van der Waals surface area contributed by atoms with Crippen molar-refractivity contribution in [1.29, 1.82) is 0 Å². The van der Waals surface area contributed by atoms with E-state index in [4.69, 9.17) is 5.73 Å².